The lowest BCUT2D eigenvalue weighted by Crippen LogP contribution is -2.38. The van der Waals surface area contributed by atoms with Crippen molar-refractivity contribution in [3.05, 3.63) is 86.6 Å². The van der Waals surface area contributed by atoms with Crippen LogP contribution in [0.2, 0.25) is 29.7 Å². The van der Waals surface area contributed by atoms with Crippen LogP contribution in [0.25, 0.3) is 16.8 Å². The molecule has 0 amide bonds. The Bertz CT molecular complexity index is 1350. The number of halogens is 3. The van der Waals surface area contributed by atoms with Crippen LogP contribution in [-0.2, 0) is 6.54 Å². The van der Waals surface area contributed by atoms with Gasteiger partial charge in [0.2, 0.25) is 0 Å². The van der Waals surface area contributed by atoms with Gasteiger partial charge in [-0.2, -0.15) is 5.10 Å². The first-order chi connectivity index (χ1) is 15.2. The van der Waals surface area contributed by atoms with E-state index in [1.54, 1.807) is 12.3 Å². The number of hydrogen-bond acceptors (Lipinski definition) is 4. The number of rotatable bonds is 5. The van der Waals surface area contributed by atoms with Gasteiger partial charge in [-0.05, 0) is 17.7 Å². The minimum atomic E-state index is -1.74. The Morgan fingerprint density at radius 2 is 1.78 bits per heavy atom. The second-order valence-electron chi connectivity index (χ2n) is 8.37. The van der Waals surface area contributed by atoms with Crippen LogP contribution in [0.4, 0.5) is 4.39 Å². The molecule has 0 bridgehead atoms. The summed E-state index contributed by atoms with van der Waals surface area (Å²) in [5.41, 5.74) is 0.918. The fourth-order valence-corrected chi connectivity index (χ4v) is 4.47. The summed E-state index contributed by atoms with van der Waals surface area (Å²) in [6.07, 6.45) is 3.15. The molecular weight excluding hydrogens is 468 g/mol. The van der Waals surface area contributed by atoms with Crippen molar-refractivity contribution >= 4 is 36.6 Å². The Labute approximate surface area is 195 Å². The molecule has 0 fully saturated rings. The summed E-state index contributed by atoms with van der Waals surface area (Å²) < 4.78 is 18.0. The van der Waals surface area contributed by atoms with Gasteiger partial charge in [-0.1, -0.05) is 78.4 Å². The van der Waals surface area contributed by atoms with Crippen molar-refractivity contribution in [2.75, 3.05) is 0 Å². The zero-order valence-corrected chi connectivity index (χ0v) is 20.2. The van der Waals surface area contributed by atoms with Crippen LogP contribution in [0.15, 0.2) is 59.7 Å². The van der Waals surface area contributed by atoms with Gasteiger partial charge in [0.1, 0.15) is 13.1 Å². The summed E-state index contributed by atoms with van der Waals surface area (Å²) in [5.74, 6) is -0.710. The highest BCUT2D eigenvalue weighted by atomic mass is 35.5. The molecule has 0 aliphatic heterocycles. The first-order valence-electron chi connectivity index (χ1n) is 9.88. The normalized spacial score (nSPS) is 11.7. The molecule has 0 radical (unpaired) electrons. The Morgan fingerprint density at radius 3 is 2.44 bits per heavy atom. The third-order valence-corrected chi connectivity index (χ3v) is 7.43. The molecular formula is C22H20Cl2FN5OSi. The Kier molecular flexibility index (Phi) is 6.02. The summed E-state index contributed by atoms with van der Waals surface area (Å²) >= 11 is 12.5. The molecule has 0 saturated heterocycles. The summed E-state index contributed by atoms with van der Waals surface area (Å²) in [6, 6.07) is 12.4. The molecule has 0 N–H and O–H groups in total. The van der Waals surface area contributed by atoms with Crippen molar-refractivity contribution in [2.24, 2.45) is 0 Å². The number of nitrogens with zero attached hydrogens (tertiary/aromatic N) is 5. The number of hydrogen-bond donors (Lipinski definition) is 0. The predicted octanol–water partition coefficient (Wildman–Crippen LogP) is 4.53. The average Bonchev–Trinajstić information content (AvgIpc) is 3.25. The highest BCUT2D eigenvalue weighted by molar-refractivity contribution is 6.88. The molecule has 2 heterocycles. The van der Waals surface area contributed by atoms with Crippen molar-refractivity contribution in [1.82, 2.24) is 24.8 Å². The molecule has 0 unspecified atom stereocenters. The maximum Gasteiger partial charge on any atom is 0.286 e. The zero-order chi connectivity index (χ0) is 23.0. The molecule has 0 aliphatic carbocycles. The zero-order valence-electron chi connectivity index (χ0n) is 17.7. The van der Waals surface area contributed by atoms with Crippen LogP contribution in [0, 0.1) is 5.82 Å². The third kappa shape index (κ3) is 4.26. The minimum absolute atomic E-state index is 0.0472. The van der Waals surface area contributed by atoms with E-state index in [0.717, 1.165) is 10.9 Å². The van der Waals surface area contributed by atoms with Crippen molar-refractivity contribution in [3.8, 4) is 16.8 Å². The van der Waals surface area contributed by atoms with E-state index in [2.05, 4.69) is 35.1 Å². The van der Waals surface area contributed by atoms with Gasteiger partial charge in [-0.15, -0.1) is 5.10 Å². The Balaban J connectivity index is 1.85. The van der Waals surface area contributed by atoms with Gasteiger partial charge in [-0.25, -0.2) is 13.8 Å². The predicted molar refractivity (Wildman–Crippen MR) is 127 cm³/mol. The van der Waals surface area contributed by atoms with Crippen molar-refractivity contribution in [2.45, 2.75) is 26.2 Å². The molecule has 4 rings (SSSR count). The number of aromatic nitrogens is 5. The third-order valence-electron chi connectivity index (χ3n) is 5.01. The highest BCUT2D eigenvalue weighted by Gasteiger charge is 2.24. The second kappa shape index (κ2) is 8.61. The van der Waals surface area contributed by atoms with E-state index in [1.807, 2.05) is 30.3 Å². The molecule has 0 aliphatic rings. The van der Waals surface area contributed by atoms with E-state index in [9.17, 15) is 4.79 Å². The fraction of sp³-hybridized carbons (Fsp3) is 0.182. The molecule has 164 valence electrons. The van der Waals surface area contributed by atoms with E-state index in [0.29, 0.717) is 5.69 Å². The lowest BCUT2D eigenvalue weighted by Gasteiger charge is -2.14. The smallest absolute Gasteiger partial charge is 0.266 e. The topological polar surface area (TPSA) is 65.6 Å². The van der Waals surface area contributed by atoms with Crippen LogP contribution in [0.1, 0.15) is 5.56 Å². The summed E-state index contributed by atoms with van der Waals surface area (Å²) in [4.78, 5) is 12.9. The molecule has 32 heavy (non-hydrogen) atoms. The maximum atomic E-state index is 15.3. The maximum absolute atomic E-state index is 15.3. The quantitative estimate of drug-likeness (QED) is 0.387. The Morgan fingerprint density at radius 1 is 1.06 bits per heavy atom. The molecule has 2 aromatic carbocycles. The molecule has 6 nitrogen and oxygen atoms in total. The van der Waals surface area contributed by atoms with Gasteiger partial charge >= 0.3 is 0 Å². The van der Waals surface area contributed by atoms with Crippen molar-refractivity contribution in [3.63, 3.8) is 0 Å². The molecule has 4 aromatic rings. The van der Waals surface area contributed by atoms with Crippen LogP contribution in [0.5, 0.6) is 0 Å². The van der Waals surface area contributed by atoms with Crippen molar-refractivity contribution < 1.29 is 4.39 Å². The SMILES string of the molecule is C[Si](C)(C)c1cn(-c2ccc(Cl)c(F)c2-c2cnn(Cc3ccccc3)c(=O)c2Cl)nn1. The fourth-order valence-electron chi connectivity index (χ4n) is 3.22. The summed E-state index contributed by atoms with van der Waals surface area (Å²) in [7, 11) is -1.74. The van der Waals surface area contributed by atoms with E-state index in [-0.39, 0.29) is 27.7 Å². The average molecular weight is 488 g/mol. The summed E-state index contributed by atoms with van der Waals surface area (Å²) in [5, 5.41) is 13.3. The van der Waals surface area contributed by atoms with Crippen LogP contribution >= 0.6 is 23.2 Å². The molecule has 10 heteroatoms. The highest BCUT2D eigenvalue weighted by Crippen LogP contribution is 2.35. The van der Waals surface area contributed by atoms with Gasteiger partial charge in [0, 0.05) is 17.3 Å². The van der Waals surface area contributed by atoms with Crippen LogP contribution in [0.3, 0.4) is 0 Å². The van der Waals surface area contributed by atoms with E-state index in [4.69, 9.17) is 23.2 Å². The van der Waals surface area contributed by atoms with Crippen molar-refractivity contribution in [1.29, 1.82) is 0 Å². The Hall–Kier alpha value is -2.81. The first kappa shape index (κ1) is 22.4. The van der Waals surface area contributed by atoms with Gasteiger partial charge in [0.05, 0.1) is 28.8 Å². The van der Waals surface area contributed by atoms with Gasteiger partial charge in [-0.3, -0.25) is 4.79 Å². The standard InChI is InChI=1S/C22H20Cl2FN5OSi/c1-32(2,3)18-13-29(28-27-18)17-10-9-16(23)21(25)19(17)15-11-26-30(22(31)20(15)24)12-14-7-5-4-6-8-14/h4-11,13H,12H2,1-3H3. The summed E-state index contributed by atoms with van der Waals surface area (Å²) in [6.45, 7) is 6.65. The lowest BCUT2D eigenvalue weighted by molar-refractivity contribution is 0.624. The molecule has 0 atom stereocenters. The molecule has 2 aromatic heterocycles. The molecule has 0 saturated carbocycles. The number of benzene rings is 2. The minimum Gasteiger partial charge on any atom is -0.266 e. The first-order valence-corrected chi connectivity index (χ1v) is 14.1. The van der Waals surface area contributed by atoms with Gasteiger partial charge in [0.25, 0.3) is 5.56 Å². The lowest BCUT2D eigenvalue weighted by atomic mass is 10.0. The van der Waals surface area contributed by atoms with E-state index < -0.39 is 19.5 Å². The van der Waals surface area contributed by atoms with Gasteiger partial charge in [0.15, 0.2) is 5.82 Å². The van der Waals surface area contributed by atoms with E-state index in [1.165, 1.54) is 21.6 Å². The van der Waals surface area contributed by atoms with E-state index >= 15 is 4.39 Å². The van der Waals surface area contributed by atoms with Crippen LogP contribution < -0.4 is 10.9 Å². The molecule has 0 spiro atoms. The van der Waals surface area contributed by atoms with Gasteiger partial charge < -0.3 is 0 Å². The largest absolute Gasteiger partial charge is 0.286 e. The van der Waals surface area contributed by atoms with Crippen LogP contribution in [-0.4, -0.2) is 32.8 Å². The second-order valence-corrected chi connectivity index (χ2v) is 14.2. The monoisotopic (exact) mass is 487 g/mol.